The number of hydrogen-bond donors (Lipinski definition) is 2. The van der Waals surface area contributed by atoms with E-state index in [-0.39, 0.29) is 17.9 Å². The van der Waals surface area contributed by atoms with Crippen molar-refractivity contribution in [3.05, 3.63) is 29.6 Å². The van der Waals surface area contributed by atoms with Gasteiger partial charge in [-0.05, 0) is 24.6 Å². The van der Waals surface area contributed by atoms with Crippen LogP contribution in [0, 0.1) is 5.82 Å². The third-order valence-corrected chi connectivity index (χ3v) is 4.88. The number of sulfone groups is 1. The maximum absolute atomic E-state index is 13.4. The minimum Gasteiger partial charge on any atom is -0.334 e. The van der Waals surface area contributed by atoms with Crippen molar-refractivity contribution in [1.29, 1.82) is 0 Å². The normalized spacial score (nSPS) is 20.6. The average molecular weight is 340 g/mol. The minimum atomic E-state index is -4.67. The number of benzene rings is 1. The highest BCUT2D eigenvalue weighted by molar-refractivity contribution is 7.91. The van der Waals surface area contributed by atoms with Crippen LogP contribution in [-0.2, 0) is 16.0 Å². The highest BCUT2D eigenvalue weighted by Crippen LogP contribution is 2.31. The van der Waals surface area contributed by atoms with E-state index in [1.54, 1.807) is 0 Å². The molecule has 0 radical (unpaired) electrons. The molecule has 1 unspecified atom stereocenters. The van der Waals surface area contributed by atoms with Gasteiger partial charge in [0.15, 0.2) is 9.84 Å². The second kappa shape index (κ2) is 5.75. The predicted molar refractivity (Wildman–Crippen MR) is 70.6 cm³/mol. The van der Waals surface area contributed by atoms with E-state index in [1.807, 2.05) is 5.32 Å². The lowest BCUT2D eigenvalue weighted by atomic mass is 10.2. The lowest BCUT2D eigenvalue weighted by Crippen LogP contribution is -2.38. The van der Waals surface area contributed by atoms with Crippen LogP contribution in [0.5, 0.6) is 0 Å². The summed E-state index contributed by atoms with van der Waals surface area (Å²) in [5.41, 5.74) is -1.74. The number of urea groups is 1. The van der Waals surface area contributed by atoms with Crippen LogP contribution < -0.4 is 10.6 Å². The Labute approximate surface area is 123 Å². The molecule has 10 heteroatoms. The number of anilines is 1. The van der Waals surface area contributed by atoms with Crippen molar-refractivity contribution >= 4 is 21.6 Å². The van der Waals surface area contributed by atoms with Gasteiger partial charge in [-0.25, -0.2) is 17.6 Å². The summed E-state index contributed by atoms with van der Waals surface area (Å²) in [5, 5.41) is 4.25. The number of nitrogens with one attached hydrogen (secondary N) is 2. The number of hydrogen-bond acceptors (Lipinski definition) is 3. The lowest BCUT2D eigenvalue weighted by molar-refractivity contribution is -0.137. The van der Waals surface area contributed by atoms with Crippen molar-refractivity contribution in [3.8, 4) is 0 Å². The van der Waals surface area contributed by atoms with Gasteiger partial charge in [0.05, 0.1) is 22.8 Å². The number of rotatable bonds is 2. The van der Waals surface area contributed by atoms with E-state index in [4.69, 9.17) is 0 Å². The molecule has 1 aliphatic heterocycles. The fourth-order valence-electron chi connectivity index (χ4n) is 2.05. The van der Waals surface area contributed by atoms with Crippen molar-refractivity contribution in [1.82, 2.24) is 5.32 Å². The smallest absolute Gasteiger partial charge is 0.334 e. The highest BCUT2D eigenvalue weighted by atomic mass is 32.2. The van der Waals surface area contributed by atoms with Crippen LogP contribution in [0.1, 0.15) is 12.0 Å². The van der Waals surface area contributed by atoms with E-state index in [1.165, 1.54) is 0 Å². The largest absolute Gasteiger partial charge is 0.416 e. The van der Waals surface area contributed by atoms with E-state index in [2.05, 4.69) is 5.32 Å². The Bertz CT molecular complexity index is 688. The molecule has 2 rings (SSSR count). The fraction of sp³-hybridized carbons (Fsp3) is 0.417. The number of carbonyl (C=O) groups is 1. The van der Waals surface area contributed by atoms with Gasteiger partial charge < -0.3 is 10.6 Å². The molecule has 0 saturated carbocycles. The predicted octanol–water partition coefficient (Wildman–Crippen LogP) is 2.15. The van der Waals surface area contributed by atoms with Gasteiger partial charge in [0.25, 0.3) is 0 Å². The number of alkyl halides is 3. The molecule has 1 fully saturated rings. The molecule has 0 bridgehead atoms. The molecular formula is C12H12F4N2O3S. The number of carbonyl (C=O) groups excluding carboxylic acids is 1. The summed E-state index contributed by atoms with van der Waals surface area (Å²) in [6, 6.07) is 0.0277. The summed E-state index contributed by atoms with van der Waals surface area (Å²) in [7, 11) is -3.21. The van der Waals surface area contributed by atoms with Gasteiger partial charge in [-0.15, -0.1) is 0 Å². The van der Waals surface area contributed by atoms with Crippen molar-refractivity contribution in [2.45, 2.75) is 18.6 Å². The molecule has 1 aliphatic rings. The summed E-state index contributed by atoms with van der Waals surface area (Å²) >= 11 is 0. The monoisotopic (exact) mass is 340 g/mol. The quantitative estimate of drug-likeness (QED) is 0.810. The van der Waals surface area contributed by atoms with Crippen LogP contribution >= 0.6 is 0 Å². The number of amides is 2. The first-order chi connectivity index (χ1) is 10.1. The summed E-state index contributed by atoms with van der Waals surface area (Å²) in [4.78, 5) is 11.6. The van der Waals surface area contributed by atoms with Gasteiger partial charge in [-0.3, -0.25) is 0 Å². The molecule has 1 aromatic carbocycles. The van der Waals surface area contributed by atoms with E-state index in [9.17, 15) is 30.8 Å². The molecule has 1 saturated heterocycles. The summed E-state index contributed by atoms with van der Waals surface area (Å²) in [6.45, 7) is 0. The third-order valence-electron chi connectivity index (χ3n) is 3.11. The van der Waals surface area contributed by atoms with Gasteiger partial charge >= 0.3 is 12.2 Å². The van der Waals surface area contributed by atoms with Crippen LogP contribution in [0.15, 0.2) is 18.2 Å². The number of halogens is 4. The molecule has 5 nitrogen and oxygen atoms in total. The third kappa shape index (κ3) is 4.09. The zero-order chi connectivity index (χ0) is 16.5. The Hall–Kier alpha value is -1.84. The molecule has 1 heterocycles. The van der Waals surface area contributed by atoms with E-state index in [0.29, 0.717) is 18.2 Å². The summed E-state index contributed by atoms with van der Waals surface area (Å²) < 4.78 is 73.5. The fourth-order valence-corrected chi connectivity index (χ4v) is 3.72. The van der Waals surface area contributed by atoms with Gasteiger partial charge in [-0.2, -0.15) is 13.2 Å². The van der Waals surface area contributed by atoms with E-state index < -0.39 is 45.2 Å². The topological polar surface area (TPSA) is 75.3 Å². The Morgan fingerprint density at radius 2 is 1.95 bits per heavy atom. The van der Waals surface area contributed by atoms with Crippen molar-refractivity contribution < 1.29 is 30.8 Å². The first kappa shape index (κ1) is 16.5. The molecule has 22 heavy (non-hydrogen) atoms. The second-order valence-corrected chi connectivity index (χ2v) is 7.12. The first-order valence-electron chi connectivity index (χ1n) is 6.21. The van der Waals surface area contributed by atoms with Crippen LogP contribution in [0.3, 0.4) is 0 Å². The maximum atomic E-state index is 13.4. The summed E-state index contributed by atoms with van der Waals surface area (Å²) in [5.74, 6) is -1.34. The molecule has 122 valence electrons. The molecule has 2 amide bonds. The lowest BCUT2D eigenvalue weighted by Gasteiger charge is -2.14. The Balaban J connectivity index is 2.05. The van der Waals surface area contributed by atoms with Gasteiger partial charge in [0.2, 0.25) is 0 Å². The first-order valence-corrected chi connectivity index (χ1v) is 8.04. The molecule has 0 aromatic heterocycles. The zero-order valence-corrected chi connectivity index (χ0v) is 11.9. The molecule has 2 N–H and O–H groups in total. The second-order valence-electron chi connectivity index (χ2n) is 4.89. The Morgan fingerprint density at radius 3 is 2.50 bits per heavy atom. The van der Waals surface area contributed by atoms with Crippen molar-refractivity contribution in [2.75, 3.05) is 16.8 Å². The van der Waals surface area contributed by atoms with E-state index >= 15 is 0 Å². The van der Waals surface area contributed by atoms with Gasteiger partial charge in [0.1, 0.15) is 5.82 Å². The van der Waals surface area contributed by atoms with Crippen LogP contribution in [0.2, 0.25) is 0 Å². The maximum Gasteiger partial charge on any atom is 0.416 e. The van der Waals surface area contributed by atoms with Gasteiger partial charge in [0, 0.05) is 6.04 Å². The molecule has 1 atom stereocenters. The Morgan fingerprint density at radius 1 is 1.27 bits per heavy atom. The minimum absolute atomic E-state index is 0.0735. The van der Waals surface area contributed by atoms with E-state index in [0.717, 1.165) is 0 Å². The highest BCUT2D eigenvalue weighted by Gasteiger charge is 2.32. The van der Waals surface area contributed by atoms with Crippen LogP contribution in [0.25, 0.3) is 0 Å². The molecular weight excluding hydrogens is 328 g/mol. The standard InChI is InChI=1S/C12H12F4N2O3S/c13-9-2-1-7(12(14,15)16)5-10(9)18-11(19)17-8-3-4-22(20,21)6-8/h1-2,5,8H,3-4,6H2,(H2,17,18,19). The molecule has 1 aromatic rings. The summed E-state index contributed by atoms with van der Waals surface area (Å²) in [6.07, 6.45) is -4.46. The SMILES string of the molecule is O=C(Nc1cc(C(F)(F)F)ccc1F)NC1CCS(=O)(=O)C1. The molecule has 0 spiro atoms. The van der Waals surface area contributed by atoms with Crippen molar-refractivity contribution in [3.63, 3.8) is 0 Å². The van der Waals surface area contributed by atoms with Crippen LogP contribution in [-0.4, -0.2) is 32.0 Å². The van der Waals surface area contributed by atoms with Gasteiger partial charge in [-0.1, -0.05) is 0 Å². The molecule has 0 aliphatic carbocycles. The van der Waals surface area contributed by atoms with Crippen LogP contribution in [0.4, 0.5) is 28.0 Å². The zero-order valence-electron chi connectivity index (χ0n) is 11.1. The average Bonchev–Trinajstić information content (AvgIpc) is 2.70. The Kier molecular flexibility index (Phi) is 4.32. The van der Waals surface area contributed by atoms with Crippen molar-refractivity contribution in [2.24, 2.45) is 0 Å².